The third-order valence-electron chi connectivity index (χ3n) is 5.29. The molecule has 0 spiro atoms. The molecule has 1 aliphatic heterocycles. The highest BCUT2D eigenvalue weighted by Gasteiger charge is 2.28. The largest absolute Gasteiger partial charge is 0.344 e. The van der Waals surface area contributed by atoms with Gasteiger partial charge in [0.25, 0.3) is 0 Å². The molecular formula is C23H29FN4O2. The first-order valence-electron chi connectivity index (χ1n) is 10.4. The average Bonchev–Trinajstić information content (AvgIpc) is 2.94. The van der Waals surface area contributed by atoms with Gasteiger partial charge in [0, 0.05) is 51.8 Å². The van der Waals surface area contributed by atoms with E-state index >= 15 is 0 Å². The first-order chi connectivity index (χ1) is 14.4. The molecule has 7 heteroatoms. The molecule has 1 atom stereocenters. The van der Waals surface area contributed by atoms with Gasteiger partial charge >= 0.3 is 0 Å². The quantitative estimate of drug-likeness (QED) is 0.791. The molecule has 1 unspecified atom stereocenters. The van der Waals surface area contributed by atoms with Crippen LogP contribution in [0.25, 0.3) is 0 Å². The molecule has 1 aliphatic rings. The number of rotatable bonds is 6. The number of carbonyl (C=O) groups excluding carboxylic acids is 2. The highest BCUT2D eigenvalue weighted by Crippen LogP contribution is 2.13. The molecule has 2 heterocycles. The van der Waals surface area contributed by atoms with Crippen LogP contribution in [0.3, 0.4) is 0 Å². The van der Waals surface area contributed by atoms with Gasteiger partial charge in [-0.2, -0.15) is 0 Å². The predicted octanol–water partition coefficient (Wildman–Crippen LogP) is 2.31. The minimum atomic E-state index is -0.774. The minimum Gasteiger partial charge on any atom is -0.344 e. The van der Waals surface area contributed by atoms with Crippen molar-refractivity contribution in [2.75, 3.05) is 26.2 Å². The zero-order valence-corrected chi connectivity index (χ0v) is 17.6. The molecule has 3 rings (SSSR count). The molecule has 6 nitrogen and oxygen atoms in total. The summed E-state index contributed by atoms with van der Waals surface area (Å²) in [4.78, 5) is 33.5. The van der Waals surface area contributed by atoms with Gasteiger partial charge in [-0.3, -0.25) is 19.5 Å². The fraction of sp³-hybridized carbons (Fsp3) is 0.435. The first kappa shape index (κ1) is 21.9. The second kappa shape index (κ2) is 10.3. The summed E-state index contributed by atoms with van der Waals surface area (Å²) in [6.07, 6.45) is 0.975. The number of amides is 2. The lowest BCUT2D eigenvalue weighted by atomic mass is 10.0. The smallest absolute Gasteiger partial charge is 0.245 e. The Morgan fingerprint density at radius 3 is 2.63 bits per heavy atom. The number of hydrogen-bond donors (Lipinski definition) is 1. The van der Waals surface area contributed by atoms with Crippen LogP contribution < -0.4 is 5.32 Å². The molecule has 30 heavy (non-hydrogen) atoms. The third-order valence-corrected chi connectivity index (χ3v) is 5.29. The molecule has 160 valence electrons. The monoisotopic (exact) mass is 412 g/mol. The van der Waals surface area contributed by atoms with Crippen molar-refractivity contribution in [1.82, 2.24) is 20.1 Å². The van der Waals surface area contributed by atoms with E-state index in [1.54, 1.807) is 23.1 Å². The van der Waals surface area contributed by atoms with Crippen LogP contribution in [0.1, 0.15) is 30.3 Å². The molecule has 1 aromatic heterocycles. The number of nitrogens with one attached hydrogen (secondary N) is 1. The summed E-state index contributed by atoms with van der Waals surface area (Å²) in [5.41, 5.74) is 2.43. The van der Waals surface area contributed by atoms with Gasteiger partial charge in [-0.1, -0.05) is 24.3 Å². The van der Waals surface area contributed by atoms with Crippen molar-refractivity contribution in [3.05, 3.63) is 65.2 Å². The van der Waals surface area contributed by atoms with Gasteiger partial charge in [-0.15, -0.1) is 0 Å². The van der Waals surface area contributed by atoms with Crippen LogP contribution in [0.15, 0.2) is 42.5 Å². The van der Waals surface area contributed by atoms with E-state index in [1.165, 1.54) is 13.0 Å². The molecule has 1 fully saturated rings. The molecule has 0 radical (unpaired) electrons. The standard InChI is InChI=1S/C23H29FN4O2/c1-17-7-5-9-20(25-17)16-27-11-6-12-28(14-13-27)23(30)22(26-18(2)29)15-19-8-3-4-10-21(19)24/h3-5,7-10,22H,6,11-16H2,1-2H3,(H,26,29). The minimum absolute atomic E-state index is 0.137. The fourth-order valence-corrected chi connectivity index (χ4v) is 3.82. The summed E-state index contributed by atoms with van der Waals surface area (Å²) < 4.78 is 14.1. The topological polar surface area (TPSA) is 65.5 Å². The second-order valence-electron chi connectivity index (χ2n) is 7.77. The number of halogens is 1. The van der Waals surface area contributed by atoms with E-state index in [-0.39, 0.29) is 24.1 Å². The molecule has 0 bridgehead atoms. The molecule has 1 aromatic carbocycles. The number of hydrogen-bond acceptors (Lipinski definition) is 4. The lowest BCUT2D eigenvalue weighted by molar-refractivity contribution is -0.136. The van der Waals surface area contributed by atoms with E-state index in [4.69, 9.17) is 0 Å². The molecule has 2 amide bonds. The van der Waals surface area contributed by atoms with Gasteiger partial charge in [-0.05, 0) is 37.1 Å². The highest BCUT2D eigenvalue weighted by molar-refractivity contribution is 5.87. The Morgan fingerprint density at radius 1 is 1.10 bits per heavy atom. The van der Waals surface area contributed by atoms with Crippen molar-refractivity contribution in [1.29, 1.82) is 0 Å². The van der Waals surface area contributed by atoms with Crippen molar-refractivity contribution in [3.8, 4) is 0 Å². The SMILES string of the molecule is CC(=O)NC(Cc1ccccc1F)C(=O)N1CCCN(Cc2cccc(C)n2)CC1. The van der Waals surface area contributed by atoms with Crippen LogP contribution in [0, 0.1) is 12.7 Å². The zero-order valence-electron chi connectivity index (χ0n) is 17.6. The maximum absolute atomic E-state index is 14.1. The summed E-state index contributed by atoms with van der Waals surface area (Å²) in [6.45, 7) is 6.88. The molecule has 2 aromatic rings. The molecule has 0 saturated carbocycles. The van der Waals surface area contributed by atoms with Crippen LogP contribution in [-0.4, -0.2) is 58.8 Å². The van der Waals surface area contributed by atoms with Crippen LogP contribution in [0.4, 0.5) is 4.39 Å². The van der Waals surface area contributed by atoms with Gasteiger partial charge in [0.1, 0.15) is 11.9 Å². The third kappa shape index (κ3) is 6.10. The highest BCUT2D eigenvalue weighted by atomic mass is 19.1. The van der Waals surface area contributed by atoms with E-state index in [2.05, 4.69) is 15.2 Å². The summed E-state index contributed by atoms with van der Waals surface area (Å²) in [5, 5.41) is 2.71. The Hall–Kier alpha value is -2.80. The molecule has 1 saturated heterocycles. The Kier molecular flexibility index (Phi) is 7.52. The van der Waals surface area contributed by atoms with E-state index in [0.717, 1.165) is 37.4 Å². The Labute approximate surface area is 177 Å². The number of nitrogens with zero attached hydrogens (tertiary/aromatic N) is 3. The number of aromatic nitrogens is 1. The van der Waals surface area contributed by atoms with E-state index < -0.39 is 6.04 Å². The van der Waals surface area contributed by atoms with Gasteiger partial charge in [0.2, 0.25) is 11.8 Å². The molecular weight excluding hydrogens is 383 g/mol. The van der Waals surface area contributed by atoms with Gasteiger partial charge in [0.15, 0.2) is 0 Å². The lowest BCUT2D eigenvalue weighted by Gasteiger charge is -2.27. The average molecular weight is 413 g/mol. The van der Waals surface area contributed by atoms with Gasteiger partial charge in [-0.25, -0.2) is 4.39 Å². The molecule has 1 N–H and O–H groups in total. The number of carbonyl (C=O) groups is 2. The maximum Gasteiger partial charge on any atom is 0.245 e. The van der Waals surface area contributed by atoms with Crippen molar-refractivity contribution in [2.45, 2.75) is 39.3 Å². The van der Waals surface area contributed by atoms with Gasteiger partial charge in [0.05, 0.1) is 5.69 Å². The van der Waals surface area contributed by atoms with Crippen molar-refractivity contribution >= 4 is 11.8 Å². The summed E-state index contributed by atoms with van der Waals surface area (Å²) in [7, 11) is 0. The van der Waals surface area contributed by atoms with Gasteiger partial charge < -0.3 is 10.2 Å². The van der Waals surface area contributed by atoms with Crippen LogP contribution in [0.5, 0.6) is 0 Å². The predicted molar refractivity (Wildman–Crippen MR) is 113 cm³/mol. The summed E-state index contributed by atoms with van der Waals surface area (Å²) in [6, 6.07) is 11.6. The Bertz CT molecular complexity index is 889. The summed E-state index contributed by atoms with van der Waals surface area (Å²) in [5.74, 6) is -0.830. The Morgan fingerprint density at radius 2 is 1.90 bits per heavy atom. The summed E-state index contributed by atoms with van der Waals surface area (Å²) >= 11 is 0. The number of benzene rings is 1. The first-order valence-corrected chi connectivity index (χ1v) is 10.4. The van der Waals surface area contributed by atoms with E-state index in [9.17, 15) is 14.0 Å². The van der Waals surface area contributed by atoms with Crippen molar-refractivity contribution < 1.29 is 14.0 Å². The maximum atomic E-state index is 14.1. The number of pyridine rings is 1. The second-order valence-corrected chi connectivity index (χ2v) is 7.77. The van der Waals surface area contributed by atoms with E-state index in [0.29, 0.717) is 18.7 Å². The van der Waals surface area contributed by atoms with Crippen molar-refractivity contribution in [2.24, 2.45) is 0 Å². The van der Waals surface area contributed by atoms with Crippen LogP contribution in [-0.2, 0) is 22.6 Å². The van der Waals surface area contributed by atoms with E-state index in [1.807, 2.05) is 25.1 Å². The number of aryl methyl sites for hydroxylation is 1. The Balaban J connectivity index is 1.64. The zero-order chi connectivity index (χ0) is 21.5. The van der Waals surface area contributed by atoms with Crippen molar-refractivity contribution in [3.63, 3.8) is 0 Å². The van der Waals surface area contributed by atoms with Crippen LogP contribution >= 0.6 is 0 Å². The lowest BCUT2D eigenvalue weighted by Crippen LogP contribution is -2.50. The fourth-order valence-electron chi connectivity index (χ4n) is 3.82. The normalized spacial score (nSPS) is 16.0. The van der Waals surface area contributed by atoms with Crippen LogP contribution in [0.2, 0.25) is 0 Å². The molecule has 0 aliphatic carbocycles.